The molecule has 0 aromatic heterocycles. The maximum absolute atomic E-state index is 2.88. The van der Waals surface area contributed by atoms with E-state index in [2.05, 4.69) is 152 Å². The highest BCUT2D eigenvalue weighted by Crippen LogP contribution is 2.66. The van der Waals surface area contributed by atoms with Gasteiger partial charge in [0.05, 0.1) is 0 Å². The molecule has 0 saturated heterocycles. The largest absolute Gasteiger partial charge is 0.0654 e. The summed E-state index contributed by atoms with van der Waals surface area (Å²) in [6.45, 7) is 16.6. The minimum absolute atomic E-state index is 1.10. The van der Waals surface area contributed by atoms with Crippen molar-refractivity contribution in [2.75, 3.05) is 0 Å². The smallest absolute Gasteiger partial charge is 0.00000116 e. The first-order valence-corrected chi connectivity index (χ1v) is 45.7. The first-order valence-electron chi connectivity index (χ1n) is 45.7. The minimum atomic E-state index is 1.10. The number of hydrogen-bond acceptors (Lipinski definition) is 0. The molecule has 0 nitrogen and oxygen atoms in total. The van der Waals surface area contributed by atoms with Gasteiger partial charge in [-0.2, -0.15) is 0 Å². The van der Waals surface area contributed by atoms with Crippen molar-refractivity contribution in [2.45, 2.75) is 318 Å². The molecule has 109 heavy (non-hydrogen) atoms. The summed E-state index contributed by atoms with van der Waals surface area (Å²) in [5, 5.41) is 55.7. The number of unbranched alkanes of at least 4 members (excludes halogenated alkanes) is 30. The zero-order valence-corrected chi connectivity index (χ0v) is 68.0. The lowest BCUT2D eigenvalue weighted by atomic mass is 9.68. The second-order valence-electron chi connectivity index (χ2n) is 35.8. The van der Waals surface area contributed by atoms with Crippen LogP contribution in [0.2, 0.25) is 0 Å². The second-order valence-corrected chi connectivity index (χ2v) is 35.8. The van der Waals surface area contributed by atoms with Gasteiger partial charge in [-0.05, 0) is 336 Å². The highest BCUT2D eigenvalue weighted by molar-refractivity contribution is 6.66. The van der Waals surface area contributed by atoms with Gasteiger partial charge in [0.15, 0.2) is 0 Å². The van der Waals surface area contributed by atoms with Crippen LogP contribution in [-0.2, 0) is 38.5 Å². The SMILES string of the molecule is CCCCCCCCc1ccc2c(c1)c1cc(CCCCCCCC)c3c4c(CCCCCCCC)cc5c6ccc(C)cc6c6cc7c8ccc(CCCCCCCC)cc8c8cc(CCCCCCCC)c9c%10c(CCCCCCCC)ccc%11c%12ccc2c2c1c3c1c(c%122)c(c%11%10)c2c9c8c7c3c6c5c4c1c32. The lowest BCUT2D eigenvalue weighted by Crippen LogP contribution is -2.06. The topological polar surface area (TPSA) is 0 Å². The highest BCUT2D eigenvalue weighted by atomic mass is 14.4. The number of rotatable bonds is 42. The van der Waals surface area contributed by atoms with E-state index in [1.807, 2.05) is 0 Å². The summed E-state index contributed by atoms with van der Waals surface area (Å²) in [6.07, 6.45) is 53.8. The average Bonchev–Trinajstić information content (AvgIpc) is 0.628. The summed E-state index contributed by atoms with van der Waals surface area (Å²) in [5.41, 5.74) is 10.8. The summed E-state index contributed by atoms with van der Waals surface area (Å²) in [5.74, 6) is 0. The fourth-order valence-corrected chi connectivity index (χ4v) is 23.3. The van der Waals surface area contributed by atoms with Crippen molar-refractivity contribution >= 4 is 194 Å². The third-order valence-electron chi connectivity index (χ3n) is 28.5. The highest BCUT2D eigenvalue weighted by Gasteiger charge is 2.38. The molecule has 0 bridgehead atoms. The molecule has 0 spiro atoms. The van der Waals surface area contributed by atoms with Gasteiger partial charge in [0, 0.05) is 0 Å². The Balaban J connectivity index is 1.04. The van der Waals surface area contributed by atoms with Crippen molar-refractivity contribution < 1.29 is 0 Å². The molecule has 19 rings (SSSR count). The second kappa shape index (κ2) is 30.4. The van der Waals surface area contributed by atoms with E-state index >= 15 is 0 Å². The van der Waals surface area contributed by atoms with Crippen LogP contribution in [0, 0.1) is 6.92 Å². The molecule has 0 aliphatic heterocycles. The van der Waals surface area contributed by atoms with Crippen molar-refractivity contribution in [3.8, 4) is 0 Å². The first kappa shape index (κ1) is 71.5. The van der Waals surface area contributed by atoms with E-state index in [0.29, 0.717) is 0 Å². The molecule has 0 unspecified atom stereocenters. The fraction of sp³-hybridized carbons (Fsp3) is 0.450. The van der Waals surface area contributed by atoms with Gasteiger partial charge in [-0.3, -0.25) is 0 Å². The number of hydrogen-bond donors (Lipinski definition) is 0. The maximum atomic E-state index is 2.88. The van der Waals surface area contributed by atoms with E-state index in [-0.39, 0.29) is 0 Å². The summed E-state index contributed by atoms with van der Waals surface area (Å²) >= 11 is 0. The van der Waals surface area contributed by atoms with Crippen LogP contribution >= 0.6 is 0 Å². The zero-order valence-electron chi connectivity index (χ0n) is 68.0. The Bertz CT molecular complexity index is 6380. The van der Waals surface area contributed by atoms with Crippen LogP contribution < -0.4 is 0 Å². The minimum Gasteiger partial charge on any atom is -0.0654 e. The lowest BCUT2D eigenvalue weighted by molar-refractivity contribution is 0.607. The summed E-state index contributed by atoms with van der Waals surface area (Å²) in [7, 11) is 0. The van der Waals surface area contributed by atoms with E-state index in [1.165, 1.54) is 323 Å². The summed E-state index contributed by atoms with van der Waals surface area (Å²) < 4.78 is 0. The molecule has 19 aromatic rings. The molecule has 558 valence electrons. The predicted molar refractivity (Wildman–Crippen MR) is 489 cm³/mol. The number of fused-ring (bicyclic) bond motifs is 12. The third-order valence-corrected chi connectivity index (χ3v) is 28.5. The molecular formula is C109H122. The van der Waals surface area contributed by atoms with Crippen molar-refractivity contribution in [2.24, 2.45) is 0 Å². The van der Waals surface area contributed by atoms with Gasteiger partial charge >= 0.3 is 0 Å². The van der Waals surface area contributed by atoms with Crippen LogP contribution in [0.5, 0.6) is 0 Å². The molecule has 0 heterocycles. The van der Waals surface area contributed by atoms with Gasteiger partial charge in [0.25, 0.3) is 0 Å². The fourth-order valence-electron chi connectivity index (χ4n) is 23.3. The Morgan fingerprint density at radius 2 is 0.376 bits per heavy atom. The molecule has 0 atom stereocenters. The molecule has 0 N–H and O–H groups in total. The monoisotopic (exact) mass is 1430 g/mol. The quantitative estimate of drug-likeness (QED) is 0.0203. The number of aryl methyl sites for hydroxylation is 7. The standard InChI is InChI=1S/C109H122/c1-8-14-20-26-32-38-44-68-51-55-74-77-58-59-79-78-57-53-70(46-40-34-28-22-16-10-3)88-89-72(48-42-36-30-24-18-12-5)64-85-82-62-69(45-39-33-27-21-15-9-2)52-56-76(82)86-66-87-80-60-67(7)50-54-75(80)83-63-71(47-41-35-29-23-17-11-4)90-91-73(49-43-37-31-25-19-13-6)65-84(81(74)61-68)96-93(77)94(79)105-104(92(78)88)106-100(89)97(85)98(86)103-99(87)95(83)101(90)108(109(103)106)107(105)102(91)96/h50-66H,8-49H2,1-7H3. The molecule has 0 heteroatoms. The van der Waals surface area contributed by atoms with E-state index in [1.54, 1.807) is 141 Å². The van der Waals surface area contributed by atoms with Crippen LogP contribution in [0.15, 0.2) is 103 Å². The Hall–Kier alpha value is -7.80. The van der Waals surface area contributed by atoms with Crippen molar-refractivity contribution in [1.29, 1.82) is 0 Å². The molecule has 19 aromatic carbocycles. The van der Waals surface area contributed by atoms with E-state index in [9.17, 15) is 0 Å². The van der Waals surface area contributed by atoms with Gasteiger partial charge in [-0.1, -0.05) is 319 Å². The van der Waals surface area contributed by atoms with Crippen LogP contribution in [0.1, 0.15) is 312 Å². The van der Waals surface area contributed by atoms with Crippen LogP contribution in [0.4, 0.5) is 0 Å². The van der Waals surface area contributed by atoms with E-state index in [0.717, 1.165) is 38.5 Å². The van der Waals surface area contributed by atoms with Gasteiger partial charge in [0.1, 0.15) is 0 Å². The van der Waals surface area contributed by atoms with Crippen molar-refractivity contribution in [1.82, 2.24) is 0 Å². The molecular weight excluding hydrogens is 1310 g/mol. The Morgan fingerprint density at radius 1 is 0.147 bits per heavy atom. The molecule has 0 amide bonds. The number of benzene rings is 19. The van der Waals surface area contributed by atoms with Crippen molar-refractivity contribution in [3.05, 3.63) is 142 Å². The van der Waals surface area contributed by atoms with Crippen LogP contribution in [-0.4, -0.2) is 0 Å². The lowest BCUT2D eigenvalue weighted by Gasteiger charge is -2.33. The van der Waals surface area contributed by atoms with Gasteiger partial charge in [-0.25, -0.2) is 0 Å². The summed E-state index contributed by atoms with van der Waals surface area (Å²) in [6, 6.07) is 45.7. The van der Waals surface area contributed by atoms with Gasteiger partial charge < -0.3 is 0 Å². The van der Waals surface area contributed by atoms with Crippen LogP contribution in [0.25, 0.3) is 194 Å². The van der Waals surface area contributed by atoms with Gasteiger partial charge in [-0.15, -0.1) is 0 Å². The molecule has 0 aliphatic rings. The van der Waals surface area contributed by atoms with E-state index < -0.39 is 0 Å². The normalized spacial score (nSPS) is 13.2. The predicted octanol–water partition coefficient (Wildman–Crippen LogP) is 35.1. The maximum Gasteiger partial charge on any atom is -0.00000116 e. The van der Waals surface area contributed by atoms with Crippen LogP contribution in [0.3, 0.4) is 0 Å². The molecule has 0 radical (unpaired) electrons. The van der Waals surface area contributed by atoms with E-state index in [4.69, 9.17) is 0 Å². The summed E-state index contributed by atoms with van der Waals surface area (Å²) in [4.78, 5) is 0. The Labute approximate surface area is 649 Å². The van der Waals surface area contributed by atoms with Gasteiger partial charge in [0.2, 0.25) is 0 Å². The first-order chi connectivity index (χ1) is 53.9. The average molecular weight is 1430 g/mol. The zero-order chi connectivity index (χ0) is 73.5. The van der Waals surface area contributed by atoms with Crippen molar-refractivity contribution in [3.63, 3.8) is 0 Å². The molecule has 0 fully saturated rings. The molecule has 0 saturated carbocycles. The third kappa shape index (κ3) is 11.6. The Kier molecular flexibility index (Phi) is 19.9. The Morgan fingerprint density at radius 3 is 0.780 bits per heavy atom. The molecule has 0 aliphatic carbocycles.